The molecule has 0 aliphatic rings. The zero-order valence-corrected chi connectivity index (χ0v) is 10.9. The molecule has 0 spiro atoms. The van der Waals surface area contributed by atoms with Crippen LogP contribution < -0.4 is 5.73 Å². The third-order valence-electron chi connectivity index (χ3n) is 3.11. The Labute approximate surface area is 114 Å². The second-order valence-corrected chi connectivity index (χ2v) is 4.85. The zero-order valence-electron chi connectivity index (χ0n) is 10.2. The van der Waals surface area contributed by atoms with E-state index in [4.69, 9.17) is 17.3 Å². The normalized spacial score (nSPS) is 11.1. The minimum absolute atomic E-state index is 0.378. The Balaban J connectivity index is 2.24. The van der Waals surface area contributed by atoms with Crippen LogP contribution in [-0.4, -0.2) is 9.97 Å². The van der Waals surface area contributed by atoms with Gasteiger partial charge < -0.3 is 10.7 Å². The number of fused-ring (bicyclic) bond motifs is 1. The molecule has 0 amide bonds. The number of hydrogen-bond donors (Lipinski definition) is 2. The first-order chi connectivity index (χ1) is 9.04. The van der Waals surface area contributed by atoms with Gasteiger partial charge in [0.25, 0.3) is 0 Å². The number of aromatic nitrogens is 2. The molecule has 0 saturated carbocycles. The Kier molecular flexibility index (Phi) is 2.68. The van der Waals surface area contributed by atoms with Crippen molar-refractivity contribution in [3.8, 4) is 11.4 Å². The molecule has 0 saturated heterocycles. The van der Waals surface area contributed by atoms with E-state index in [0.717, 1.165) is 16.6 Å². The first-order valence-corrected chi connectivity index (χ1v) is 6.13. The number of rotatable bonds is 1. The summed E-state index contributed by atoms with van der Waals surface area (Å²) < 4.78 is 13.5. The first kappa shape index (κ1) is 12.0. The lowest BCUT2D eigenvalue weighted by atomic mass is 10.1. The highest BCUT2D eigenvalue weighted by Gasteiger charge is 2.11. The molecule has 0 aliphatic carbocycles. The molecule has 0 radical (unpaired) electrons. The van der Waals surface area contributed by atoms with E-state index in [9.17, 15) is 4.39 Å². The van der Waals surface area contributed by atoms with Crippen LogP contribution in [0.15, 0.2) is 30.3 Å². The summed E-state index contributed by atoms with van der Waals surface area (Å²) in [5.41, 5.74) is 9.23. The minimum atomic E-state index is -0.378. The molecule has 0 fully saturated rings. The minimum Gasteiger partial charge on any atom is -0.398 e. The molecule has 3 rings (SSSR count). The van der Waals surface area contributed by atoms with Gasteiger partial charge in [-0.1, -0.05) is 11.6 Å². The van der Waals surface area contributed by atoms with Gasteiger partial charge in [-0.15, -0.1) is 0 Å². The van der Waals surface area contributed by atoms with E-state index in [0.29, 0.717) is 22.1 Å². The third-order valence-corrected chi connectivity index (χ3v) is 3.35. The highest BCUT2D eigenvalue weighted by Crippen LogP contribution is 2.28. The van der Waals surface area contributed by atoms with E-state index >= 15 is 0 Å². The van der Waals surface area contributed by atoms with E-state index in [-0.39, 0.29) is 5.82 Å². The highest BCUT2D eigenvalue weighted by molar-refractivity contribution is 6.31. The Morgan fingerprint density at radius 3 is 2.84 bits per heavy atom. The summed E-state index contributed by atoms with van der Waals surface area (Å²) in [4.78, 5) is 7.56. The SMILES string of the molecule is Cc1c(N)cc(F)cc1-c1nc2ccc(Cl)cc2[nH]1. The van der Waals surface area contributed by atoms with Gasteiger partial charge in [-0.05, 0) is 42.8 Å². The molecule has 96 valence electrons. The predicted molar refractivity (Wildman–Crippen MR) is 75.6 cm³/mol. The molecule has 3 N–H and O–H groups in total. The number of benzene rings is 2. The topological polar surface area (TPSA) is 54.7 Å². The number of aromatic amines is 1. The molecule has 0 unspecified atom stereocenters. The second-order valence-electron chi connectivity index (χ2n) is 4.41. The van der Waals surface area contributed by atoms with Gasteiger partial charge in [0.15, 0.2) is 0 Å². The van der Waals surface area contributed by atoms with Crippen molar-refractivity contribution < 1.29 is 4.39 Å². The molecular weight excluding hydrogens is 265 g/mol. The third kappa shape index (κ3) is 2.04. The van der Waals surface area contributed by atoms with E-state index in [1.54, 1.807) is 12.1 Å². The number of nitrogens with one attached hydrogen (secondary N) is 1. The Morgan fingerprint density at radius 1 is 1.26 bits per heavy atom. The van der Waals surface area contributed by atoms with Gasteiger partial charge in [-0.25, -0.2) is 9.37 Å². The summed E-state index contributed by atoms with van der Waals surface area (Å²) >= 11 is 5.93. The molecule has 19 heavy (non-hydrogen) atoms. The molecule has 0 aliphatic heterocycles. The standard InChI is InChI=1S/C14H11ClFN3/c1-7-10(5-9(16)6-11(7)17)14-18-12-3-2-8(15)4-13(12)19-14/h2-6H,17H2,1H3,(H,18,19). The number of anilines is 1. The summed E-state index contributed by atoms with van der Waals surface area (Å²) in [6.45, 7) is 1.84. The number of imidazole rings is 1. The average molecular weight is 276 g/mol. The van der Waals surface area contributed by atoms with E-state index in [1.165, 1.54) is 12.1 Å². The van der Waals surface area contributed by atoms with Gasteiger partial charge in [0.2, 0.25) is 0 Å². The average Bonchev–Trinajstić information content (AvgIpc) is 2.76. The Morgan fingerprint density at radius 2 is 2.05 bits per heavy atom. The highest BCUT2D eigenvalue weighted by atomic mass is 35.5. The van der Waals surface area contributed by atoms with Gasteiger partial charge in [0.05, 0.1) is 11.0 Å². The van der Waals surface area contributed by atoms with Crippen LogP contribution >= 0.6 is 11.6 Å². The van der Waals surface area contributed by atoms with E-state index in [1.807, 2.05) is 13.0 Å². The number of H-pyrrole nitrogens is 1. The Bertz CT molecular complexity index is 780. The fourth-order valence-electron chi connectivity index (χ4n) is 2.06. The van der Waals surface area contributed by atoms with Gasteiger partial charge >= 0.3 is 0 Å². The molecule has 0 atom stereocenters. The van der Waals surface area contributed by atoms with Crippen LogP contribution in [0.2, 0.25) is 5.02 Å². The molecule has 2 aromatic carbocycles. The first-order valence-electron chi connectivity index (χ1n) is 5.76. The lowest BCUT2D eigenvalue weighted by Crippen LogP contribution is -1.95. The molecule has 3 aromatic rings. The number of nitrogens with two attached hydrogens (primary N) is 1. The zero-order chi connectivity index (χ0) is 13.6. The van der Waals surface area contributed by atoms with Crippen LogP contribution in [0.4, 0.5) is 10.1 Å². The summed E-state index contributed by atoms with van der Waals surface area (Å²) in [5.74, 6) is 0.206. The maximum absolute atomic E-state index is 13.5. The van der Waals surface area contributed by atoms with Gasteiger partial charge in [-0.3, -0.25) is 0 Å². The van der Waals surface area contributed by atoms with Crippen LogP contribution in [0.5, 0.6) is 0 Å². The van der Waals surface area contributed by atoms with Gasteiger partial charge in [-0.2, -0.15) is 0 Å². The fraction of sp³-hybridized carbons (Fsp3) is 0.0714. The Hall–Kier alpha value is -2.07. The van der Waals surface area contributed by atoms with Crippen molar-refractivity contribution in [2.24, 2.45) is 0 Å². The summed E-state index contributed by atoms with van der Waals surface area (Å²) in [6.07, 6.45) is 0. The van der Waals surface area contributed by atoms with Crippen molar-refractivity contribution in [1.29, 1.82) is 0 Å². The van der Waals surface area contributed by atoms with Crippen molar-refractivity contribution in [2.75, 3.05) is 5.73 Å². The van der Waals surface area contributed by atoms with Crippen molar-refractivity contribution in [2.45, 2.75) is 6.92 Å². The molecule has 0 bridgehead atoms. The number of halogens is 2. The molecule has 1 aromatic heterocycles. The van der Waals surface area contributed by atoms with Crippen LogP contribution in [-0.2, 0) is 0 Å². The predicted octanol–water partition coefficient (Wildman–Crippen LogP) is 3.91. The number of nitrogen functional groups attached to an aromatic ring is 1. The number of hydrogen-bond acceptors (Lipinski definition) is 2. The monoisotopic (exact) mass is 275 g/mol. The maximum atomic E-state index is 13.5. The van der Waals surface area contributed by atoms with Crippen LogP contribution in [0.1, 0.15) is 5.56 Å². The summed E-state index contributed by atoms with van der Waals surface area (Å²) in [7, 11) is 0. The second kappa shape index (κ2) is 4.24. The smallest absolute Gasteiger partial charge is 0.138 e. The molecule has 1 heterocycles. The van der Waals surface area contributed by atoms with Gasteiger partial charge in [0, 0.05) is 16.3 Å². The largest absolute Gasteiger partial charge is 0.398 e. The van der Waals surface area contributed by atoms with Gasteiger partial charge in [0.1, 0.15) is 11.6 Å². The van der Waals surface area contributed by atoms with Crippen LogP contribution in [0.25, 0.3) is 22.4 Å². The molecule has 3 nitrogen and oxygen atoms in total. The summed E-state index contributed by atoms with van der Waals surface area (Å²) in [5, 5.41) is 0.623. The van der Waals surface area contributed by atoms with E-state index < -0.39 is 0 Å². The maximum Gasteiger partial charge on any atom is 0.138 e. The van der Waals surface area contributed by atoms with Crippen LogP contribution in [0.3, 0.4) is 0 Å². The lowest BCUT2D eigenvalue weighted by molar-refractivity contribution is 0.628. The van der Waals surface area contributed by atoms with Crippen LogP contribution in [0, 0.1) is 12.7 Å². The quantitative estimate of drug-likeness (QED) is 0.662. The number of nitrogens with zero attached hydrogens (tertiary/aromatic N) is 1. The van der Waals surface area contributed by atoms with E-state index in [2.05, 4.69) is 9.97 Å². The fourth-order valence-corrected chi connectivity index (χ4v) is 2.23. The lowest BCUT2D eigenvalue weighted by Gasteiger charge is -2.06. The van der Waals surface area contributed by atoms with Crippen molar-refractivity contribution in [1.82, 2.24) is 9.97 Å². The van der Waals surface area contributed by atoms with Crippen molar-refractivity contribution >= 4 is 28.3 Å². The molecular formula is C14H11ClFN3. The molecule has 5 heteroatoms. The van der Waals surface area contributed by atoms with Crippen molar-refractivity contribution in [3.63, 3.8) is 0 Å². The summed E-state index contributed by atoms with van der Waals surface area (Å²) in [6, 6.07) is 8.09. The van der Waals surface area contributed by atoms with Crippen molar-refractivity contribution in [3.05, 3.63) is 46.7 Å².